The number of hydrogen-bond donors (Lipinski definition) is 4. The van der Waals surface area contributed by atoms with Gasteiger partial charge in [-0.2, -0.15) is 0 Å². The van der Waals surface area contributed by atoms with Crippen molar-refractivity contribution in [1.29, 1.82) is 0 Å². The minimum atomic E-state index is -1.14. The number of carbonyl (C=O) groups excluding carboxylic acids is 2. The topological polar surface area (TPSA) is 119 Å². The first kappa shape index (κ1) is 18.8. The predicted octanol–water partition coefficient (Wildman–Crippen LogP) is -0.239. The number of amides is 3. The Labute approximate surface area is 152 Å². The number of aliphatic hydroxyl groups is 2. The summed E-state index contributed by atoms with van der Waals surface area (Å²) in [7, 11) is 0. The van der Waals surface area contributed by atoms with Crippen LogP contribution in [0, 0.1) is 5.92 Å². The second-order valence-corrected chi connectivity index (χ2v) is 7.21. The van der Waals surface area contributed by atoms with Crippen LogP contribution in [-0.2, 0) is 10.3 Å². The van der Waals surface area contributed by atoms with Gasteiger partial charge in [0.25, 0.3) is 5.91 Å². The molecule has 0 bridgehead atoms. The van der Waals surface area contributed by atoms with Gasteiger partial charge in [-0.15, -0.1) is 0 Å². The highest BCUT2D eigenvalue weighted by molar-refractivity contribution is 6.07. The van der Waals surface area contributed by atoms with Gasteiger partial charge in [0.2, 0.25) is 0 Å². The molecule has 0 aromatic heterocycles. The molecule has 2 saturated heterocycles. The van der Waals surface area contributed by atoms with Crippen LogP contribution in [0.1, 0.15) is 25.3 Å². The third kappa shape index (κ3) is 3.45. The van der Waals surface area contributed by atoms with E-state index in [-0.39, 0.29) is 18.4 Å². The van der Waals surface area contributed by atoms with E-state index in [4.69, 9.17) is 5.73 Å². The number of benzene rings is 1. The number of urea groups is 1. The number of rotatable bonds is 5. The SMILES string of the molecule is CC1(c2ccccc2)NC(=O)N(CC(O)N2CCCC(C(N)O)C2)C1=O. The molecule has 26 heavy (non-hydrogen) atoms. The van der Waals surface area contributed by atoms with Crippen molar-refractivity contribution in [3.63, 3.8) is 0 Å². The maximum atomic E-state index is 12.9. The Morgan fingerprint density at radius 2 is 2.00 bits per heavy atom. The van der Waals surface area contributed by atoms with E-state index in [1.807, 2.05) is 18.2 Å². The molecule has 1 aromatic rings. The molecule has 0 saturated carbocycles. The smallest absolute Gasteiger partial charge is 0.325 e. The van der Waals surface area contributed by atoms with Gasteiger partial charge in [0.05, 0.1) is 6.54 Å². The lowest BCUT2D eigenvalue weighted by Gasteiger charge is -2.37. The van der Waals surface area contributed by atoms with Crippen LogP contribution < -0.4 is 11.1 Å². The van der Waals surface area contributed by atoms with Crippen LogP contribution in [0.5, 0.6) is 0 Å². The van der Waals surface area contributed by atoms with Crippen LogP contribution in [0.4, 0.5) is 4.79 Å². The lowest BCUT2D eigenvalue weighted by atomic mass is 9.92. The van der Waals surface area contributed by atoms with Crippen molar-refractivity contribution in [3.8, 4) is 0 Å². The van der Waals surface area contributed by atoms with Gasteiger partial charge in [-0.1, -0.05) is 30.3 Å². The first-order valence-corrected chi connectivity index (χ1v) is 8.88. The van der Waals surface area contributed by atoms with Gasteiger partial charge < -0.3 is 21.3 Å². The van der Waals surface area contributed by atoms with E-state index >= 15 is 0 Å². The Morgan fingerprint density at radius 3 is 2.65 bits per heavy atom. The number of nitrogens with zero attached hydrogens (tertiary/aromatic N) is 2. The van der Waals surface area contributed by atoms with Crippen LogP contribution in [0.25, 0.3) is 0 Å². The van der Waals surface area contributed by atoms with Crippen molar-refractivity contribution in [2.75, 3.05) is 19.6 Å². The number of aliphatic hydroxyl groups excluding tert-OH is 2. The molecule has 0 aliphatic carbocycles. The van der Waals surface area contributed by atoms with Crippen LogP contribution in [0.15, 0.2) is 30.3 Å². The number of hydrogen-bond acceptors (Lipinski definition) is 6. The predicted molar refractivity (Wildman–Crippen MR) is 94.5 cm³/mol. The highest BCUT2D eigenvalue weighted by Gasteiger charge is 2.49. The number of nitrogens with one attached hydrogen (secondary N) is 1. The first-order valence-electron chi connectivity index (χ1n) is 8.88. The summed E-state index contributed by atoms with van der Waals surface area (Å²) in [5.41, 5.74) is 5.11. The summed E-state index contributed by atoms with van der Waals surface area (Å²) in [5, 5.41) is 22.8. The second-order valence-electron chi connectivity index (χ2n) is 7.21. The van der Waals surface area contributed by atoms with Crippen molar-refractivity contribution < 1.29 is 19.8 Å². The largest absolute Gasteiger partial charge is 0.379 e. The Morgan fingerprint density at radius 1 is 1.31 bits per heavy atom. The number of imide groups is 1. The van der Waals surface area contributed by atoms with Crippen molar-refractivity contribution in [1.82, 2.24) is 15.1 Å². The minimum Gasteiger partial charge on any atom is -0.379 e. The van der Waals surface area contributed by atoms with Gasteiger partial charge in [-0.25, -0.2) is 4.79 Å². The summed E-state index contributed by atoms with van der Waals surface area (Å²) in [6.45, 7) is 2.60. The van der Waals surface area contributed by atoms with Crippen LogP contribution in [0.2, 0.25) is 0 Å². The number of carbonyl (C=O) groups is 2. The summed E-state index contributed by atoms with van der Waals surface area (Å²) >= 11 is 0. The van der Waals surface area contributed by atoms with Gasteiger partial charge in [-0.05, 0) is 25.3 Å². The van der Waals surface area contributed by atoms with E-state index in [2.05, 4.69) is 5.32 Å². The fourth-order valence-electron chi connectivity index (χ4n) is 3.70. The van der Waals surface area contributed by atoms with E-state index in [1.54, 1.807) is 24.0 Å². The zero-order valence-corrected chi connectivity index (χ0v) is 14.8. The van der Waals surface area contributed by atoms with Crippen molar-refractivity contribution >= 4 is 11.9 Å². The summed E-state index contributed by atoms with van der Waals surface area (Å²) < 4.78 is 0. The molecule has 0 spiro atoms. The molecule has 5 N–H and O–H groups in total. The van der Waals surface area contributed by atoms with Crippen molar-refractivity contribution in [2.24, 2.45) is 11.7 Å². The molecule has 8 heteroatoms. The molecule has 8 nitrogen and oxygen atoms in total. The summed E-state index contributed by atoms with van der Waals surface area (Å²) in [6, 6.07) is 8.51. The van der Waals surface area contributed by atoms with Crippen molar-refractivity contribution in [2.45, 2.75) is 37.8 Å². The third-order valence-electron chi connectivity index (χ3n) is 5.37. The third-order valence-corrected chi connectivity index (χ3v) is 5.37. The fraction of sp³-hybridized carbons (Fsp3) is 0.556. The Kier molecular flexibility index (Phi) is 5.29. The number of likely N-dealkylation sites (tertiary alicyclic amines) is 1. The molecule has 0 radical (unpaired) electrons. The Bertz CT molecular complexity index is 668. The zero-order chi connectivity index (χ0) is 18.9. The molecule has 2 fully saturated rings. The molecular formula is C18H26N4O4. The molecule has 1 aromatic carbocycles. The minimum absolute atomic E-state index is 0.125. The normalized spacial score (nSPS) is 29.5. The average Bonchev–Trinajstić information content (AvgIpc) is 2.86. The molecule has 3 amide bonds. The first-order chi connectivity index (χ1) is 12.3. The molecule has 3 rings (SSSR count). The van der Waals surface area contributed by atoms with Crippen LogP contribution in [-0.4, -0.2) is 64.0 Å². The van der Waals surface area contributed by atoms with Crippen molar-refractivity contribution in [3.05, 3.63) is 35.9 Å². The highest BCUT2D eigenvalue weighted by Crippen LogP contribution is 2.29. The van der Waals surface area contributed by atoms with E-state index in [0.29, 0.717) is 18.7 Å². The molecule has 4 unspecified atom stereocenters. The maximum absolute atomic E-state index is 12.9. The molecule has 142 valence electrons. The number of β-amino-alcohol motifs (C(OH)–C–C–N with tert-alkyl or cyclic N) is 1. The van der Waals surface area contributed by atoms with E-state index in [9.17, 15) is 19.8 Å². The van der Waals surface area contributed by atoms with E-state index in [0.717, 1.165) is 17.7 Å². The lowest BCUT2D eigenvalue weighted by molar-refractivity contribution is -0.134. The van der Waals surface area contributed by atoms with Gasteiger partial charge in [-0.3, -0.25) is 14.6 Å². The van der Waals surface area contributed by atoms with E-state index < -0.39 is 24.0 Å². The molecule has 2 aliphatic heterocycles. The quantitative estimate of drug-likeness (QED) is 0.424. The van der Waals surface area contributed by atoms with Gasteiger partial charge in [0.15, 0.2) is 0 Å². The van der Waals surface area contributed by atoms with Gasteiger partial charge in [0, 0.05) is 19.0 Å². The lowest BCUT2D eigenvalue weighted by Crippen LogP contribution is -2.52. The van der Waals surface area contributed by atoms with Gasteiger partial charge in [0.1, 0.15) is 18.0 Å². The monoisotopic (exact) mass is 362 g/mol. The zero-order valence-electron chi connectivity index (χ0n) is 14.8. The van der Waals surface area contributed by atoms with Crippen LogP contribution >= 0.6 is 0 Å². The number of nitrogens with two attached hydrogens (primary N) is 1. The molecule has 4 atom stereocenters. The average molecular weight is 362 g/mol. The molecule has 2 aliphatic rings. The molecule has 2 heterocycles. The van der Waals surface area contributed by atoms with Gasteiger partial charge >= 0.3 is 6.03 Å². The summed E-state index contributed by atoms with van der Waals surface area (Å²) in [4.78, 5) is 28.1. The maximum Gasteiger partial charge on any atom is 0.325 e. The highest BCUT2D eigenvalue weighted by atomic mass is 16.3. The summed E-state index contributed by atoms with van der Waals surface area (Å²) in [5.74, 6) is -0.517. The van der Waals surface area contributed by atoms with E-state index in [1.165, 1.54) is 0 Å². The van der Waals surface area contributed by atoms with Crippen LogP contribution in [0.3, 0.4) is 0 Å². The number of piperidine rings is 1. The summed E-state index contributed by atoms with van der Waals surface area (Å²) in [6.07, 6.45) is -0.360. The Hall–Kier alpha value is -2.00. The molecular weight excluding hydrogens is 336 g/mol. The second kappa shape index (κ2) is 7.32. The fourth-order valence-corrected chi connectivity index (χ4v) is 3.70. The Balaban J connectivity index is 1.70. The standard InChI is InChI=1S/C18H26N4O4/c1-18(13-7-3-2-4-8-13)16(25)22(17(26)20-18)11-14(23)21-9-5-6-12(10-21)15(19)24/h2-4,7-8,12,14-15,23-24H,5-6,9-11,19H2,1H3,(H,20,26).